The number of rotatable bonds is 11. The second-order valence-electron chi connectivity index (χ2n) is 19.1. The number of benzene rings is 2. The molecule has 4 amide bonds. The molecule has 4 atom stereocenters. The second kappa shape index (κ2) is 20.2. The molecule has 5 heterocycles. The van der Waals surface area contributed by atoms with Gasteiger partial charge in [0.05, 0.1) is 24.8 Å². The number of esters is 1. The highest BCUT2D eigenvalue weighted by atomic mass is 16.5. The fraction of sp³-hybridized carbons (Fsp3) is 0.490. The Labute approximate surface area is 387 Å². The summed E-state index contributed by atoms with van der Waals surface area (Å²) in [4.78, 5) is 76.8. The van der Waals surface area contributed by atoms with Crippen LogP contribution in [0.15, 0.2) is 67.5 Å². The zero-order chi connectivity index (χ0) is 47.4. The average Bonchev–Trinajstić information content (AvgIpc) is 3.91. The molecule has 7 rings (SSSR count). The highest BCUT2D eigenvalue weighted by Gasteiger charge is 2.40. The predicted octanol–water partition coefficient (Wildman–Crippen LogP) is 5.45. The number of hydrazine groups is 1. The van der Waals surface area contributed by atoms with Crippen LogP contribution >= 0.6 is 0 Å². The number of pyridine rings is 1. The van der Waals surface area contributed by atoms with Crippen LogP contribution in [0.5, 0.6) is 5.75 Å². The number of carbonyl (C=O) groups is 5. The highest BCUT2D eigenvalue weighted by molar-refractivity contribution is 5.96. The lowest BCUT2D eigenvalue weighted by atomic mass is 9.84. The Morgan fingerprint density at radius 1 is 1.11 bits per heavy atom. The largest absolute Gasteiger partial charge is 0.508 e. The zero-order valence-electron chi connectivity index (χ0n) is 39.4. The summed E-state index contributed by atoms with van der Waals surface area (Å²) in [5.74, 6) is -2.84. The summed E-state index contributed by atoms with van der Waals surface area (Å²) in [7, 11) is 3.27. The minimum atomic E-state index is -1.16. The number of hydrogen-bond donors (Lipinski definition) is 3. The first-order chi connectivity index (χ1) is 31.5. The lowest BCUT2D eigenvalue weighted by Crippen LogP contribution is -2.62. The summed E-state index contributed by atoms with van der Waals surface area (Å²) in [6.45, 7) is 15.8. The van der Waals surface area contributed by atoms with E-state index in [4.69, 9.17) is 9.47 Å². The van der Waals surface area contributed by atoms with Crippen molar-refractivity contribution >= 4 is 40.5 Å². The molecule has 3 N–H and O–H groups in total. The second-order valence-corrected chi connectivity index (χ2v) is 19.1. The van der Waals surface area contributed by atoms with E-state index < -0.39 is 47.2 Å². The maximum Gasteiger partial charge on any atom is 0.324 e. The molecule has 15 heteroatoms. The number of hydrogen-bond acceptors (Lipinski definition) is 10. The lowest BCUT2D eigenvalue weighted by molar-refractivity contribution is -0.155. The first kappa shape index (κ1) is 47.9. The zero-order valence-corrected chi connectivity index (χ0v) is 39.4. The molecular weight excluding hydrogens is 839 g/mol. The summed E-state index contributed by atoms with van der Waals surface area (Å²) in [6, 6.07) is 10.6. The summed E-state index contributed by atoms with van der Waals surface area (Å²) < 4.78 is 13.9. The van der Waals surface area contributed by atoms with Crippen molar-refractivity contribution in [3.8, 4) is 28.1 Å². The number of fused-ring (bicyclic) bond motifs is 6. The molecule has 2 aromatic heterocycles. The van der Waals surface area contributed by atoms with Crippen molar-refractivity contribution in [3.63, 3.8) is 0 Å². The van der Waals surface area contributed by atoms with Gasteiger partial charge in [-0.1, -0.05) is 46.4 Å². The molecule has 0 unspecified atom stereocenters. The molecule has 66 heavy (non-hydrogen) atoms. The number of ether oxygens (including phenoxy) is 2. The van der Waals surface area contributed by atoms with Crippen molar-refractivity contribution in [2.75, 3.05) is 47.0 Å². The number of phenols is 1. The molecule has 0 radical (unpaired) electrons. The van der Waals surface area contributed by atoms with Gasteiger partial charge >= 0.3 is 5.97 Å². The van der Waals surface area contributed by atoms with Crippen LogP contribution in [-0.4, -0.2) is 124 Å². The molecule has 3 aliphatic heterocycles. The van der Waals surface area contributed by atoms with Gasteiger partial charge < -0.3 is 34.3 Å². The number of cyclic esters (lactones) is 1. The fourth-order valence-corrected chi connectivity index (χ4v) is 9.98. The van der Waals surface area contributed by atoms with Gasteiger partial charge in [0, 0.05) is 81.0 Å². The van der Waals surface area contributed by atoms with Crippen LogP contribution in [0.3, 0.4) is 0 Å². The number of methoxy groups -OCH3 is 1. The normalized spacial score (nSPS) is 20.5. The Balaban J connectivity index is 1.30. The van der Waals surface area contributed by atoms with Gasteiger partial charge in [-0.05, 0) is 109 Å². The number of phenolic OH excluding ortho intramolecular Hbond substituents is 1. The average molecular weight is 904 g/mol. The van der Waals surface area contributed by atoms with Crippen LogP contribution in [0, 0.1) is 17.3 Å². The minimum Gasteiger partial charge on any atom is -0.508 e. The molecule has 3 aliphatic rings. The Bertz CT molecular complexity index is 2500. The predicted molar refractivity (Wildman–Crippen MR) is 252 cm³/mol. The smallest absolute Gasteiger partial charge is 0.324 e. The molecule has 352 valence electrons. The summed E-state index contributed by atoms with van der Waals surface area (Å²) in [5.41, 5.74) is 10.0. The van der Waals surface area contributed by atoms with Gasteiger partial charge in [-0.15, -0.1) is 0 Å². The van der Waals surface area contributed by atoms with Crippen LogP contribution in [0.4, 0.5) is 0 Å². The third kappa shape index (κ3) is 10.2. The molecule has 0 spiro atoms. The quantitative estimate of drug-likeness (QED) is 0.130. The summed E-state index contributed by atoms with van der Waals surface area (Å²) in [6.07, 6.45) is 7.57. The number of likely N-dealkylation sites (tertiary alicyclic amines) is 1. The summed E-state index contributed by atoms with van der Waals surface area (Å²) in [5, 5.41) is 16.7. The van der Waals surface area contributed by atoms with Crippen molar-refractivity contribution in [2.24, 2.45) is 17.3 Å². The van der Waals surface area contributed by atoms with Crippen LogP contribution < -0.4 is 10.7 Å². The Morgan fingerprint density at radius 2 is 1.89 bits per heavy atom. The Morgan fingerprint density at radius 3 is 2.62 bits per heavy atom. The number of likely N-dealkylation sites (N-methyl/N-ethyl adjacent to an activating group) is 1. The van der Waals surface area contributed by atoms with E-state index in [0.717, 1.165) is 44.4 Å². The van der Waals surface area contributed by atoms with E-state index >= 15 is 0 Å². The topological polar surface area (TPSA) is 176 Å². The molecule has 15 nitrogen and oxygen atoms in total. The van der Waals surface area contributed by atoms with Gasteiger partial charge in [-0.3, -0.25) is 34.0 Å². The van der Waals surface area contributed by atoms with E-state index in [1.165, 1.54) is 16.0 Å². The van der Waals surface area contributed by atoms with Gasteiger partial charge in [0.2, 0.25) is 17.7 Å². The van der Waals surface area contributed by atoms with Gasteiger partial charge in [-0.25, -0.2) is 5.43 Å². The molecule has 6 bridgehead atoms. The van der Waals surface area contributed by atoms with E-state index in [1.807, 2.05) is 38.4 Å². The molecule has 2 aromatic carbocycles. The monoisotopic (exact) mass is 903 g/mol. The number of carbonyl (C=O) groups excluding carboxylic acids is 5. The number of amides is 4. The first-order valence-corrected chi connectivity index (χ1v) is 23.2. The molecule has 2 saturated heterocycles. The number of aromatic hydroxyl groups is 1. The molecule has 2 fully saturated rings. The van der Waals surface area contributed by atoms with Crippen molar-refractivity contribution in [3.05, 3.63) is 84.2 Å². The number of aromatic nitrogens is 2. The van der Waals surface area contributed by atoms with E-state index in [0.29, 0.717) is 57.4 Å². The third-order valence-corrected chi connectivity index (χ3v) is 13.3. The Hall–Kier alpha value is -6.06. The van der Waals surface area contributed by atoms with Crippen LogP contribution in [-0.2, 0) is 59.3 Å². The van der Waals surface area contributed by atoms with E-state index in [2.05, 4.69) is 65.8 Å². The maximum absolute atomic E-state index is 14.7. The molecular formula is C51H65N7O8. The van der Waals surface area contributed by atoms with Crippen molar-refractivity contribution in [1.29, 1.82) is 0 Å². The van der Waals surface area contributed by atoms with E-state index in [1.54, 1.807) is 31.2 Å². The molecule has 4 aromatic rings. The van der Waals surface area contributed by atoms with Gasteiger partial charge in [0.25, 0.3) is 5.91 Å². The lowest BCUT2D eigenvalue weighted by Gasteiger charge is -2.37. The minimum absolute atomic E-state index is 0.00662. The van der Waals surface area contributed by atoms with Crippen LogP contribution in [0.2, 0.25) is 0 Å². The SMILES string of the molecule is C=CC(=O)N1CC[C@H](C(=O)N(C)[C@H](C(=O)N[C@H]2Cc3cc(O)cc(c3)-c3ccc4c(c3)c(c(-c3ccncc3CCOC)n4CC)CC(C)(C)COC(=O)[C@@H]3CCCN(N3)C2=O)C(C)C)C1. The van der Waals surface area contributed by atoms with E-state index in [-0.39, 0.29) is 49.6 Å². The van der Waals surface area contributed by atoms with Crippen molar-refractivity contribution < 1.29 is 38.6 Å². The standard InChI is InChI=1S/C51H65N7O8/c1-9-44(60)56-20-16-35(29-56)48(62)55(7)45(31(3)4)47(61)53-42-24-32-22-36(25-37(59)23-32)33-13-14-43-39(26-33)40(46(57(43)10-2)38-15-18-52-28-34(38)17-21-65-8)27-51(5,6)30-66-50(64)41-12-11-19-58(54-41)49(42)63/h9,13-15,18,22-23,25-26,28,31,35,41-42,45,54,59H,1,10-12,16-17,19-21,24,27,29-30H2,2-8H3,(H,53,61)/t35-,41-,42-,45-/m0/s1. The van der Waals surface area contributed by atoms with Gasteiger partial charge in [-0.2, -0.15) is 0 Å². The van der Waals surface area contributed by atoms with Crippen molar-refractivity contribution in [1.82, 2.24) is 35.1 Å². The number of aryl methyl sites for hydroxylation is 1. The third-order valence-electron chi connectivity index (χ3n) is 13.3. The fourth-order valence-electron chi connectivity index (χ4n) is 9.98. The van der Waals surface area contributed by atoms with Crippen LogP contribution in [0.25, 0.3) is 33.3 Å². The maximum atomic E-state index is 14.7. The summed E-state index contributed by atoms with van der Waals surface area (Å²) >= 11 is 0. The van der Waals surface area contributed by atoms with Crippen LogP contribution in [0.1, 0.15) is 70.6 Å². The van der Waals surface area contributed by atoms with E-state index in [9.17, 15) is 29.1 Å². The number of nitrogens with one attached hydrogen (secondary N) is 2. The molecule has 0 saturated carbocycles. The molecule has 0 aliphatic carbocycles. The first-order valence-electron chi connectivity index (χ1n) is 23.2. The number of nitrogens with zero attached hydrogens (tertiary/aromatic N) is 5. The van der Waals surface area contributed by atoms with Gasteiger partial charge in [0.1, 0.15) is 23.9 Å². The Kier molecular flexibility index (Phi) is 14.7. The van der Waals surface area contributed by atoms with Crippen molar-refractivity contribution in [2.45, 2.75) is 97.8 Å². The van der Waals surface area contributed by atoms with Gasteiger partial charge in [0.15, 0.2) is 0 Å². The highest BCUT2D eigenvalue weighted by Crippen LogP contribution is 2.41.